The Morgan fingerprint density at radius 1 is 0.967 bits per heavy atom. The van der Waals surface area contributed by atoms with Crippen LogP contribution in [-0.4, -0.2) is 19.7 Å². The van der Waals surface area contributed by atoms with Crippen LogP contribution in [0.5, 0.6) is 0 Å². The molecule has 0 spiro atoms. The number of nitrogens with one attached hydrogen (secondary N) is 1. The van der Waals surface area contributed by atoms with Gasteiger partial charge in [-0.15, -0.1) is 0 Å². The molecule has 162 valence electrons. The van der Waals surface area contributed by atoms with Crippen molar-refractivity contribution >= 4 is 15.7 Å². The summed E-state index contributed by atoms with van der Waals surface area (Å²) in [6.45, 7) is 6.15. The Morgan fingerprint density at radius 3 is 2.17 bits per heavy atom. The first-order valence-corrected chi connectivity index (χ1v) is 12.1. The van der Waals surface area contributed by atoms with Crippen LogP contribution in [-0.2, 0) is 21.1 Å². The number of amides is 1. The lowest BCUT2D eigenvalue weighted by Gasteiger charge is -2.21. The molecular weight excluding hydrogens is 394 g/mol. The Hall–Kier alpha value is -2.40. The molecule has 30 heavy (non-hydrogen) atoms. The average Bonchev–Trinajstić information content (AvgIpc) is 2.72. The van der Waals surface area contributed by atoms with Crippen molar-refractivity contribution < 1.29 is 13.2 Å². The van der Waals surface area contributed by atoms with Gasteiger partial charge in [-0.2, -0.15) is 0 Å². The van der Waals surface area contributed by atoms with E-state index in [4.69, 9.17) is 0 Å². The quantitative estimate of drug-likeness (QED) is 0.494. The summed E-state index contributed by atoms with van der Waals surface area (Å²) in [5.74, 6) is -0.0212. The van der Waals surface area contributed by atoms with E-state index in [-0.39, 0.29) is 16.7 Å². The van der Waals surface area contributed by atoms with Crippen LogP contribution in [0, 0.1) is 5.92 Å². The van der Waals surface area contributed by atoms with Crippen molar-refractivity contribution in [1.82, 2.24) is 5.32 Å². The molecule has 5 heteroatoms. The second-order valence-corrected chi connectivity index (χ2v) is 10.2. The first-order valence-electron chi connectivity index (χ1n) is 10.5. The van der Waals surface area contributed by atoms with E-state index in [1.54, 1.807) is 30.3 Å². The Bertz CT molecular complexity index is 917. The van der Waals surface area contributed by atoms with Gasteiger partial charge in [-0.3, -0.25) is 4.79 Å². The van der Waals surface area contributed by atoms with Crippen LogP contribution in [0.3, 0.4) is 0 Å². The highest BCUT2D eigenvalue weighted by Crippen LogP contribution is 2.20. The van der Waals surface area contributed by atoms with E-state index in [0.29, 0.717) is 19.3 Å². The monoisotopic (exact) mass is 427 g/mol. The van der Waals surface area contributed by atoms with Gasteiger partial charge in [0.05, 0.1) is 4.90 Å². The topological polar surface area (TPSA) is 63.2 Å². The van der Waals surface area contributed by atoms with Crippen molar-refractivity contribution in [3.8, 4) is 0 Å². The van der Waals surface area contributed by atoms with E-state index in [9.17, 15) is 13.2 Å². The van der Waals surface area contributed by atoms with Gasteiger partial charge in [-0.25, -0.2) is 8.42 Å². The smallest absolute Gasteiger partial charge is 0.221 e. The SMILES string of the molecule is CC(C)=CCCC(C)CC(=O)NC(CCc1ccccc1)S(=O)(=O)c1ccccc1. The van der Waals surface area contributed by atoms with Gasteiger partial charge in [-0.05, 0) is 63.1 Å². The first kappa shape index (κ1) is 23.9. The van der Waals surface area contributed by atoms with Crippen LogP contribution < -0.4 is 5.32 Å². The molecule has 2 aromatic rings. The summed E-state index contributed by atoms with van der Waals surface area (Å²) >= 11 is 0. The molecule has 2 atom stereocenters. The van der Waals surface area contributed by atoms with Gasteiger partial charge in [0.2, 0.25) is 5.91 Å². The van der Waals surface area contributed by atoms with Crippen molar-refractivity contribution in [1.29, 1.82) is 0 Å². The molecule has 0 aliphatic carbocycles. The Balaban J connectivity index is 2.09. The minimum atomic E-state index is -3.67. The highest BCUT2D eigenvalue weighted by molar-refractivity contribution is 7.92. The highest BCUT2D eigenvalue weighted by Gasteiger charge is 2.29. The molecule has 2 unspecified atom stereocenters. The van der Waals surface area contributed by atoms with Gasteiger partial charge in [-0.1, -0.05) is 67.1 Å². The summed E-state index contributed by atoms with van der Waals surface area (Å²) in [7, 11) is -3.67. The Kier molecular flexibility index (Phi) is 9.31. The third kappa shape index (κ3) is 7.79. The molecule has 0 bridgehead atoms. The number of carbonyl (C=O) groups excluding carboxylic acids is 1. The van der Waals surface area contributed by atoms with Crippen molar-refractivity contribution in [3.05, 3.63) is 77.9 Å². The minimum Gasteiger partial charge on any atom is -0.339 e. The lowest BCUT2D eigenvalue weighted by atomic mass is 10.0. The predicted molar refractivity (Wildman–Crippen MR) is 123 cm³/mol. The molecule has 1 N–H and O–H groups in total. The number of benzene rings is 2. The fraction of sp³-hybridized carbons (Fsp3) is 0.400. The van der Waals surface area contributed by atoms with Crippen molar-refractivity contribution in [3.63, 3.8) is 0 Å². The van der Waals surface area contributed by atoms with Gasteiger partial charge in [0, 0.05) is 6.42 Å². The zero-order valence-electron chi connectivity index (χ0n) is 18.2. The van der Waals surface area contributed by atoms with Gasteiger partial charge in [0.1, 0.15) is 5.37 Å². The number of rotatable bonds is 11. The molecule has 0 aliphatic rings. The van der Waals surface area contributed by atoms with Crippen LogP contribution in [0.1, 0.15) is 52.0 Å². The Labute approximate surface area is 181 Å². The lowest BCUT2D eigenvalue weighted by molar-refractivity contribution is -0.122. The summed E-state index contributed by atoms with van der Waals surface area (Å²) in [4.78, 5) is 12.9. The number of sulfone groups is 1. The lowest BCUT2D eigenvalue weighted by Crippen LogP contribution is -2.41. The molecular formula is C25H33NO3S. The van der Waals surface area contributed by atoms with E-state index in [2.05, 4.69) is 25.2 Å². The van der Waals surface area contributed by atoms with Crippen LogP contribution in [0.2, 0.25) is 0 Å². The molecule has 0 saturated carbocycles. The number of allylic oxidation sites excluding steroid dienone is 2. The van der Waals surface area contributed by atoms with E-state index >= 15 is 0 Å². The van der Waals surface area contributed by atoms with E-state index in [0.717, 1.165) is 18.4 Å². The maximum absolute atomic E-state index is 13.2. The molecule has 0 radical (unpaired) electrons. The normalized spacial score (nSPS) is 13.3. The third-order valence-corrected chi connectivity index (χ3v) is 7.08. The molecule has 1 amide bonds. The van der Waals surface area contributed by atoms with Crippen LogP contribution in [0.25, 0.3) is 0 Å². The van der Waals surface area contributed by atoms with Crippen LogP contribution in [0.4, 0.5) is 0 Å². The molecule has 0 fully saturated rings. The average molecular weight is 428 g/mol. The van der Waals surface area contributed by atoms with E-state index < -0.39 is 15.2 Å². The number of carbonyl (C=O) groups is 1. The molecule has 4 nitrogen and oxygen atoms in total. The Morgan fingerprint density at radius 2 is 1.57 bits per heavy atom. The third-order valence-electron chi connectivity index (χ3n) is 5.05. The minimum absolute atomic E-state index is 0.190. The van der Waals surface area contributed by atoms with Crippen molar-refractivity contribution in [2.75, 3.05) is 0 Å². The fourth-order valence-electron chi connectivity index (χ4n) is 3.34. The van der Waals surface area contributed by atoms with E-state index in [1.165, 1.54) is 5.57 Å². The molecule has 0 saturated heterocycles. The van der Waals surface area contributed by atoms with Crippen molar-refractivity contribution in [2.24, 2.45) is 5.92 Å². The first-order chi connectivity index (χ1) is 14.3. The summed E-state index contributed by atoms with van der Waals surface area (Å²) in [6.07, 6.45) is 5.22. The van der Waals surface area contributed by atoms with Gasteiger partial charge in [0.15, 0.2) is 9.84 Å². The molecule has 0 heterocycles. The maximum Gasteiger partial charge on any atom is 0.221 e. The van der Waals surface area contributed by atoms with E-state index in [1.807, 2.05) is 37.3 Å². The van der Waals surface area contributed by atoms with Crippen molar-refractivity contribution in [2.45, 2.75) is 63.1 Å². The second-order valence-electron chi connectivity index (χ2n) is 8.11. The number of hydrogen-bond donors (Lipinski definition) is 1. The van der Waals surface area contributed by atoms with Crippen LogP contribution >= 0.6 is 0 Å². The van der Waals surface area contributed by atoms with Gasteiger partial charge in [0.25, 0.3) is 0 Å². The maximum atomic E-state index is 13.2. The fourth-order valence-corrected chi connectivity index (χ4v) is 4.92. The highest BCUT2D eigenvalue weighted by atomic mass is 32.2. The number of aryl methyl sites for hydroxylation is 1. The standard InChI is InChI=1S/C25H33NO3S/c1-20(2)11-10-12-21(3)19-24(27)26-25(18-17-22-13-6-4-7-14-22)30(28,29)23-15-8-5-9-16-23/h4-9,11,13-16,21,25H,10,12,17-19H2,1-3H3,(H,26,27). The summed E-state index contributed by atoms with van der Waals surface area (Å²) in [6, 6.07) is 18.1. The summed E-state index contributed by atoms with van der Waals surface area (Å²) in [5.41, 5.74) is 2.32. The molecule has 0 aliphatic heterocycles. The second kappa shape index (κ2) is 11.7. The van der Waals surface area contributed by atoms with Gasteiger partial charge < -0.3 is 5.32 Å². The van der Waals surface area contributed by atoms with Gasteiger partial charge >= 0.3 is 0 Å². The largest absolute Gasteiger partial charge is 0.339 e. The zero-order valence-corrected chi connectivity index (χ0v) is 19.0. The number of hydrogen-bond acceptors (Lipinski definition) is 3. The molecule has 2 rings (SSSR count). The summed E-state index contributed by atoms with van der Waals surface area (Å²) < 4.78 is 26.4. The zero-order chi connectivity index (χ0) is 22.0. The molecule has 2 aromatic carbocycles. The molecule has 0 aromatic heterocycles. The summed E-state index contributed by atoms with van der Waals surface area (Å²) in [5, 5.41) is 1.87. The predicted octanol–water partition coefficient (Wildman–Crippen LogP) is 5.31. The van der Waals surface area contributed by atoms with Crippen LogP contribution in [0.15, 0.2) is 77.2 Å².